The molecule has 3 aromatic rings. The SMILES string of the molecule is Cc1nc(Sc2ccnc(N3CCCC3)c2Cl)c(N)nc1N1CCC2(CC1)Cc1cn(C)nc1C2. The summed E-state index contributed by atoms with van der Waals surface area (Å²) in [4.78, 5) is 19.7. The maximum atomic E-state index is 6.75. The number of fused-ring (bicyclic) bond motifs is 1. The summed E-state index contributed by atoms with van der Waals surface area (Å²) in [5, 5.41) is 6.02. The second-order valence-corrected chi connectivity index (χ2v) is 11.6. The van der Waals surface area contributed by atoms with Crippen molar-refractivity contribution in [1.82, 2.24) is 24.7 Å². The molecule has 0 radical (unpaired) electrons. The monoisotopic (exact) mass is 510 g/mol. The predicted molar refractivity (Wildman–Crippen MR) is 140 cm³/mol. The molecule has 2 fully saturated rings. The molecule has 3 aromatic heterocycles. The van der Waals surface area contributed by atoms with E-state index in [-0.39, 0.29) is 0 Å². The van der Waals surface area contributed by atoms with Crippen LogP contribution in [0.3, 0.4) is 0 Å². The Morgan fingerprint density at radius 3 is 2.51 bits per heavy atom. The second-order valence-electron chi connectivity index (χ2n) is 10.2. The maximum absolute atomic E-state index is 6.75. The van der Waals surface area contributed by atoms with Crippen LogP contribution in [-0.2, 0) is 19.9 Å². The minimum atomic E-state index is 0.343. The lowest BCUT2D eigenvalue weighted by molar-refractivity contribution is 0.229. The first-order valence-electron chi connectivity index (χ1n) is 12.4. The number of nitrogens with two attached hydrogens (primary N) is 1. The predicted octanol–water partition coefficient (Wildman–Crippen LogP) is 4.29. The van der Waals surface area contributed by atoms with Crippen molar-refractivity contribution in [1.29, 1.82) is 0 Å². The Morgan fingerprint density at radius 1 is 1.03 bits per heavy atom. The van der Waals surface area contributed by atoms with Gasteiger partial charge in [-0.15, -0.1) is 0 Å². The number of anilines is 3. The Bertz CT molecular complexity index is 1240. The van der Waals surface area contributed by atoms with E-state index in [1.807, 2.05) is 30.9 Å². The fourth-order valence-electron chi connectivity index (χ4n) is 5.87. The highest BCUT2D eigenvalue weighted by Gasteiger charge is 2.41. The number of nitrogen functional groups attached to an aromatic ring is 1. The lowest BCUT2D eigenvalue weighted by atomic mass is 9.76. The average molecular weight is 511 g/mol. The molecule has 0 unspecified atom stereocenters. The number of halogens is 1. The third-order valence-electron chi connectivity index (χ3n) is 7.71. The van der Waals surface area contributed by atoms with E-state index in [1.165, 1.54) is 35.9 Å². The number of aryl methyl sites for hydroxylation is 2. The van der Waals surface area contributed by atoms with Crippen molar-refractivity contribution < 1.29 is 0 Å². The summed E-state index contributed by atoms with van der Waals surface area (Å²) in [6.45, 7) is 5.95. The van der Waals surface area contributed by atoms with Crippen LogP contribution in [0.15, 0.2) is 28.4 Å². The number of aromatic nitrogens is 5. The van der Waals surface area contributed by atoms with E-state index < -0.39 is 0 Å². The molecular formula is C25H31ClN8S. The smallest absolute Gasteiger partial charge is 0.158 e. The fraction of sp³-hybridized carbons (Fsp3) is 0.520. The molecule has 0 bridgehead atoms. The van der Waals surface area contributed by atoms with Crippen LogP contribution in [0.25, 0.3) is 0 Å². The third kappa shape index (κ3) is 4.22. The molecule has 0 amide bonds. The van der Waals surface area contributed by atoms with Crippen molar-refractivity contribution in [2.24, 2.45) is 12.5 Å². The van der Waals surface area contributed by atoms with Crippen molar-refractivity contribution in [2.75, 3.05) is 41.7 Å². The number of hydrogen-bond donors (Lipinski definition) is 1. The van der Waals surface area contributed by atoms with E-state index in [4.69, 9.17) is 27.3 Å². The molecule has 1 aliphatic carbocycles. The van der Waals surface area contributed by atoms with Crippen LogP contribution in [0.4, 0.5) is 17.5 Å². The minimum absolute atomic E-state index is 0.343. The van der Waals surface area contributed by atoms with E-state index in [2.05, 4.69) is 26.1 Å². The highest BCUT2D eigenvalue weighted by molar-refractivity contribution is 7.99. The van der Waals surface area contributed by atoms with Crippen molar-refractivity contribution in [3.05, 3.63) is 40.4 Å². The van der Waals surface area contributed by atoms with Gasteiger partial charge in [0.15, 0.2) is 11.6 Å². The van der Waals surface area contributed by atoms with Gasteiger partial charge in [-0.2, -0.15) is 5.10 Å². The van der Waals surface area contributed by atoms with Gasteiger partial charge in [-0.05, 0) is 62.5 Å². The van der Waals surface area contributed by atoms with Crippen LogP contribution in [-0.4, -0.2) is 50.9 Å². The Kier molecular flexibility index (Phi) is 5.79. The van der Waals surface area contributed by atoms with Gasteiger partial charge in [-0.1, -0.05) is 23.4 Å². The first kappa shape index (κ1) is 22.9. The van der Waals surface area contributed by atoms with Gasteiger partial charge in [0.05, 0.1) is 16.4 Å². The van der Waals surface area contributed by atoms with Crippen molar-refractivity contribution >= 4 is 40.8 Å². The van der Waals surface area contributed by atoms with Crippen LogP contribution in [0.2, 0.25) is 5.02 Å². The van der Waals surface area contributed by atoms with Gasteiger partial charge < -0.3 is 15.5 Å². The molecule has 6 rings (SSSR count). The lowest BCUT2D eigenvalue weighted by Gasteiger charge is -2.40. The summed E-state index contributed by atoms with van der Waals surface area (Å²) >= 11 is 8.22. The number of hydrogen-bond acceptors (Lipinski definition) is 8. The Morgan fingerprint density at radius 2 is 1.77 bits per heavy atom. The number of piperidine rings is 1. The highest BCUT2D eigenvalue weighted by atomic mass is 35.5. The zero-order chi connectivity index (χ0) is 24.2. The minimum Gasteiger partial charge on any atom is -0.381 e. The first-order chi connectivity index (χ1) is 16.9. The maximum Gasteiger partial charge on any atom is 0.158 e. The van der Waals surface area contributed by atoms with E-state index in [0.29, 0.717) is 21.3 Å². The average Bonchev–Trinajstić information content (AvgIpc) is 3.54. The van der Waals surface area contributed by atoms with Gasteiger partial charge in [0.2, 0.25) is 0 Å². The summed E-state index contributed by atoms with van der Waals surface area (Å²) in [5.41, 5.74) is 10.4. The molecule has 35 heavy (non-hydrogen) atoms. The quantitative estimate of drug-likeness (QED) is 0.556. The zero-order valence-electron chi connectivity index (χ0n) is 20.3. The molecule has 0 aromatic carbocycles. The van der Waals surface area contributed by atoms with Gasteiger partial charge in [0, 0.05) is 50.5 Å². The molecule has 1 spiro atoms. The molecule has 5 heterocycles. The molecule has 3 aliphatic rings. The van der Waals surface area contributed by atoms with Crippen LogP contribution in [0.1, 0.15) is 42.6 Å². The van der Waals surface area contributed by atoms with Gasteiger partial charge in [0.25, 0.3) is 0 Å². The molecule has 8 nitrogen and oxygen atoms in total. The summed E-state index contributed by atoms with van der Waals surface area (Å²) in [6, 6.07) is 1.93. The summed E-state index contributed by atoms with van der Waals surface area (Å²) in [5.74, 6) is 2.19. The van der Waals surface area contributed by atoms with Gasteiger partial charge in [0.1, 0.15) is 10.8 Å². The Balaban J connectivity index is 1.17. The van der Waals surface area contributed by atoms with E-state index >= 15 is 0 Å². The Hall–Kier alpha value is -2.52. The third-order valence-corrected chi connectivity index (χ3v) is 9.25. The molecule has 2 saturated heterocycles. The first-order valence-corrected chi connectivity index (χ1v) is 13.6. The van der Waals surface area contributed by atoms with Crippen LogP contribution < -0.4 is 15.5 Å². The second kappa shape index (κ2) is 8.85. The van der Waals surface area contributed by atoms with Crippen LogP contribution >= 0.6 is 23.4 Å². The Labute approximate surface area is 215 Å². The topological polar surface area (TPSA) is 89.0 Å². The largest absolute Gasteiger partial charge is 0.381 e. The van der Waals surface area contributed by atoms with Gasteiger partial charge in [-0.25, -0.2) is 15.0 Å². The van der Waals surface area contributed by atoms with E-state index in [9.17, 15) is 0 Å². The summed E-state index contributed by atoms with van der Waals surface area (Å²) < 4.78 is 1.94. The van der Waals surface area contributed by atoms with Crippen molar-refractivity contribution in [3.8, 4) is 0 Å². The molecule has 184 valence electrons. The molecule has 2 aliphatic heterocycles. The standard InChI is InChI=1S/C25H31ClN8S/c1-16-22(34-11-6-25(7-12-34)13-17-15-32(2)31-18(17)14-25)30-21(27)24(29-16)35-19-5-8-28-23(20(19)26)33-9-3-4-10-33/h5,8,15H,3-4,6-7,9-14H2,1-2H3,(H2,27,30). The van der Waals surface area contributed by atoms with Crippen LogP contribution in [0.5, 0.6) is 0 Å². The van der Waals surface area contributed by atoms with E-state index in [1.54, 1.807) is 0 Å². The molecule has 0 saturated carbocycles. The molecule has 2 N–H and O–H groups in total. The van der Waals surface area contributed by atoms with Crippen LogP contribution in [0, 0.1) is 12.3 Å². The summed E-state index contributed by atoms with van der Waals surface area (Å²) in [6.07, 6.45) is 10.8. The molecular weight excluding hydrogens is 480 g/mol. The zero-order valence-corrected chi connectivity index (χ0v) is 21.9. The van der Waals surface area contributed by atoms with Crippen molar-refractivity contribution in [2.45, 2.75) is 55.4 Å². The van der Waals surface area contributed by atoms with E-state index in [0.717, 1.165) is 74.1 Å². The van der Waals surface area contributed by atoms with Gasteiger partial charge in [-0.3, -0.25) is 4.68 Å². The van der Waals surface area contributed by atoms with Crippen molar-refractivity contribution in [3.63, 3.8) is 0 Å². The lowest BCUT2D eigenvalue weighted by Crippen LogP contribution is -2.41. The highest BCUT2D eigenvalue weighted by Crippen LogP contribution is 2.45. The number of nitrogens with zero attached hydrogens (tertiary/aromatic N) is 7. The summed E-state index contributed by atoms with van der Waals surface area (Å²) in [7, 11) is 2.01. The fourth-order valence-corrected chi connectivity index (χ4v) is 7.07. The number of rotatable bonds is 4. The molecule has 0 atom stereocenters. The number of pyridine rings is 1. The van der Waals surface area contributed by atoms with Gasteiger partial charge >= 0.3 is 0 Å². The molecule has 10 heteroatoms. The normalized spacial score (nSPS) is 19.1.